The van der Waals surface area contributed by atoms with Gasteiger partial charge in [-0.05, 0) is 49.9 Å². The number of anilines is 2. The van der Waals surface area contributed by atoms with Gasteiger partial charge in [0.15, 0.2) is 6.10 Å². The first kappa shape index (κ1) is 17.3. The molecule has 4 nitrogen and oxygen atoms in total. The SMILES string of the molecule is CC[C@H](Oc1ccccc1)C(=O)Nc1ccccc1N1CCCCC1. The summed E-state index contributed by atoms with van der Waals surface area (Å²) in [6, 6.07) is 17.5. The zero-order valence-electron chi connectivity index (χ0n) is 14.8. The van der Waals surface area contributed by atoms with Crippen molar-refractivity contribution in [1.29, 1.82) is 0 Å². The molecule has 1 N–H and O–H groups in total. The molecule has 1 aliphatic heterocycles. The molecule has 0 unspecified atom stereocenters. The van der Waals surface area contributed by atoms with Crippen molar-refractivity contribution in [3.05, 3.63) is 54.6 Å². The number of carbonyl (C=O) groups excluding carboxylic acids is 1. The predicted octanol–water partition coefficient (Wildman–Crippen LogP) is 4.47. The molecule has 0 radical (unpaired) electrons. The molecule has 1 heterocycles. The lowest BCUT2D eigenvalue weighted by molar-refractivity contribution is -0.122. The van der Waals surface area contributed by atoms with Crippen LogP contribution >= 0.6 is 0 Å². The normalized spacial score (nSPS) is 15.5. The van der Waals surface area contributed by atoms with Crippen LogP contribution in [0.4, 0.5) is 11.4 Å². The number of hydrogen-bond donors (Lipinski definition) is 1. The van der Waals surface area contributed by atoms with Crippen LogP contribution in [0.5, 0.6) is 5.75 Å². The second kappa shape index (κ2) is 8.56. The minimum atomic E-state index is -0.503. The van der Waals surface area contributed by atoms with E-state index in [1.54, 1.807) is 0 Å². The zero-order valence-corrected chi connectivity index (χ0v) is 14.8. The second-order valence-electron chi connectivity index (χ2n) is 6.38. The Balaban J connectivity index is 1.71. The summed E-state index contributed by atoms with van der Waals surface area (Å²) >= 11 is 0. The maximum atomic E-state index is 12.7. The Hall–Kier alpha value is -2.49. The maximum absolute atomic E-state index is 12.7. The Labute approximate surface area is 149 Å². The highest BCUT2D eigenvalue weighted by Crippen LogP contribution is 2.28. The van der Waals surface area contributed by atoms with Crippen LogP contribution in [0.25, 0.3) is 0 Å². The molecule has 3 rings (SSSR count). The smallest absolute Gasteiger partial charge is 0.265 e. The number of hydrogen-bond acceptors (Lipinski definition) is 3. The molecule has 0 bridgehead atoms. The molecule has 1 fully saturated rings. The van der Waals surface area contributed by atoms with Crippen molar-refractivity contribution in [2.24, 2.45) is 0 Å². The Morgan fingerprint density at radius 2 is 1.72 bits per heavy atom. The van der Waals surface area contributed by atoms with E-state index in [1.165, 1.54) is 19.3 Å². The summed E-state index contributed by atoms with van der Waals surface area (Å²) in [4.78, 5) is 15.1. The van der Waals surface area contributed by atoms with Gasteiger partial charge in [-0.2, -0.15) is 0 Å². The van der Waals surface area contributed by atoms with E-state index in [9.17, 15) is 4.79 Å². The topological polar surface area (TPSA) is 41.6 Å². The van der Waals surface area contributed by atoms with Crippen LogP contribution in [0.15, 0.2) is 54.6 Å². The van der Waals surface area contributed by atoms with Crippen molar-refractivity contribution in [1.82, 2.24) is 0 Å². The van der Waals surface area contributed by atoms with Crippen molar-refractivity contribution in [2.45, 2.75) is 38.7 Å². The number of nitrogens with zero attached hydrogens (tertiary/aromatic N) is 1. The zero-order chi connectivity index (χ0) is 17.5. The number of rotatable bonds is 6. The van der Waals surface area contributed by atoms with Crippen LogP contribution in [0.1, 0.15) is 32.6 Å². The van der Waals surface area contributed by atoms with Crippen LogP contribution in [0.3, 0.4) is 0 Å². The summed E-state index contributed by atoms with van der Waals surface area (Å²) < 4.78 is 5.86. The monoisotopic (exact) mass is 338 g/mol. The summed E-state index contributed by atoms with van der Waals surface area (Å²) in [5.41, 5.74) is 1.97. The number of carbonyl (C=O) groups is 1. The molecular weight excluding hydrogens is 312 g/mol. The molecule has 1 aliphatic rings. The molecule has 132 valence electrons. The van der Waals surface area contributed by atoms with Gasteiger partial charge in [-0.1, -0.05) is 37.3 Å². The van der Waals surface area contributed by atoms with E-state index < -0.39 is 6.10 Å². The van der Waals surface area contributed by atoms with Gasteiger partial charge < -0.3 is 15.0 Å². The van der Waals surface area contributed by atoms with E-state index in [-0.39, 0.29) is 5.91 Å². The fourth-order valence-electron chi connectivity index (χ4n) is 3.19. The van der Waals surface area contributed by atoms with Gasteiger partial charge in [0, 0.05) is 13.1 Å². The maximum Gasteiger partial charge on any atom is 0.265 e. The van der Waals surface area contributed by atoms with E-state index in [4.69, 9.17) is 4.74 Å². The van der Waals surface area contributed by atoms with Crippen molar-refractivity contribution in [3.8, 4) is 5.75 Å². The number of para-hydroxylation sites is 3. The highest BCUT2D eigenvalue weighted by Gasteiger charge is 2.21. The first-order valence-corrected chi connectivity index (χ1v) is 9.14. The summed E-state index contributed by atoms with van der Waals surface area (Å²) in [5.74, 6) is 0.615. The van der Waals surface area contributed by atoms with Crippen molar-refractivity contribution in [3.63, 3.8) is 0 Å². The van der Waals surface area contributed by atoms with Crippen LogP contribution < -0.4 is 15.0 Å². The molecule has 1 amide bonds. The summed E-state index contributed by atoms with van der Waals surface area (Å²) in [7, 11) is 0. The van der Waals surface area contributed by atoms with Gasteiger partial charge in [0.2, 0.25) is 0 Å². The van der Waals surface area contributed by atoms with E-state index in [1.807, 2.05) is 55.5 Å². The van der Waals surface area contributed by atoms with Gasteiger partial charge in [0.1, 0.15) is 5.75 Å². The van der Waals surface area contributed by atoms with Crippen LogP contribution in [-0.2, 0) is 4.79 Å². The van der Waals surface area contributed by atoms with E-state index >= 15 is 0 Å². The van der Waals surface area contributed by atoms with Gasteiger partial charge in [-0.3, -0.25) is 4.79 Å². The van der Waals surface area contributed by atoms with Gasteiger partial charge in [0.05, 0.1) is 11.4 Å². The predicted molar refractivity (Wildman–Crippen MR) is 102 cm³/mol. The van der Waals surface area contributed by atoms with Crippen LogP contribution in [0.2, 0.25) is 0 Å². The number of ether oxygens (including phenoxy) is 1. The third kappa shape index (κ3) is 4.53. The van der Waals surface area contributed by atoms with Gasteiger partial charge >= 0.3 is 0 Å². The quantitative estimate of drug-likeness (QED) is 0.845. The Bertz CT molecular complexity index is 681. The Kier molecular flexibility index (Phi) is 5.94. The molecule has 0 aromatic heterocycles. The number of amides is 1. The lowest BCUT2D eigenvalue weighted by Crippen LogP contribution is -2.34. The van der Waals surface area contributed by atoms with Crippen molar-refractivity contribution in [2.75, 3.05) is 23.3 Å². The van der Waals surface area contributed by atoms with Crippen molar-refractivity contribution >= 4 is 17.3 Å². The average molecular weight is 338 g/mol. The number of nitrogens with one attached hydrogen (secondary N) is 1. The molecular formula is C21H26N2O2. The second-order valence-corrected chi connectivity index (χ2v) is 6.38. The average Bonchev–Trinajstić information content (AvgIpc) is 2.68. The summed E-state index contributed by atoms with van der Waals surface area (Å²) in [6.45, 7) is 4.05. The van der Waals surface area contributed by atoms with Gasteiger partial charge in [0.25, 0.3) is 5.91 Å². The fraction of sp³-hybridized carbons (Fsp3) is 0.381. The molecule has 2 aromatic rings. The van der Waals surface area contributed by atoms with E-state index in [0.717, 1.165) is 24.5 Å². The first-order valence-electron chi connectivity index (χ1n) is 9.14. The summed E-state index contributed by atoms with van der Waals surface area (Å²) in [6.07, 6.45) is 3.81. The lowest BCUT2D eigenvalue weighted by Gasteiger charge is -2.30. The molecule has 25 heavy (non-hydrogen) atoms. The Morgan fingerprint density at radius 3 is 2.44 bits per heavy atom. The molecule has 0 spiro atoms. The van der Waals surface area contributed by atoms with Crippen LogP contribution in [-0.4, -0.2) is 25.1 Å². The fourth-order valence-corrected chi connectivity index (χ4v) is 3.19. The largest absolute Gasteiger partial charge is 0.481 e. The van der Waals surface area contributed by atoms with E-state index in [2.05, 4.69) is 16.3 Å². The summed E-state index contributed by atoms with van der Waals surface area (Å²) in [5, 5.41) is 3.07. The van der Waals surface area contributed by atoms with Gasteiger partial charge in [-0.25, -0.2) is 0 Å². The molecule has 0 saturated carbocycles. The first-order chi connectivity index (χ1) is 12.3. The highest BCUT2D eigenvalue weighted by atomic mass is 16.5. The van der Waals surface area contributed by atoms with E-state index in [0.29, 0.717) is 12.2 Å². The van der Waals surface area contributed by atoms with Crippen molar-refractivity contribution < 1.29 is 9.53 Å². The minimum Gasteiger partial charge on any atom is -0.481 e. The Morgan fingerprint density at radius 1 is 1.04 bits per heavy atom. The third-order valence-corrected chi connectivity index (χ3v) is 4.54. The van der Waals surface area contributed by atoms with Crippen LogP contribution in [0, 0.1) is 0 Å². The number of benzene rings is 2. The lowest BCUT2D eigenvalue weighted by atomic mass is 10.1. The molecule has 0 aliphatic carbocycles. The number of piperidine rings is 1. The molecule has 1 saturated heterocycles. The highest BCUT2D eigenvalue weighted by molar-refractivity contribution is 5.97. The standard InChI is InChI=1S/C21H26N2O2/c1-2-20(25-17-11-5-3-6-12-17)21(24)22-18-13-7-8-14-19(18)23-15-9-4-10-16-23/h3,5-8,11-14,20H,2,4,9-10,15-16H2,1H3,(H,22,24)/t20-/m0/s1. The molecule has 2 aromatic carbocycles. The van der Waals surface area contributed by atoms with Gasteiger partial charge in [-0.15, -0.1) is 0 Å². The minimum absolute atomic E-state index is 0.101. The molecule has 1 atom stereocenters. The third-order valence-electron chi connectivity index (χ3n) is 4.54. The molecule has 4 heteroatoms.